The highest BCUT2D eigenvalue weighted by Crippen LogP contribution is 2.26. The molecule has 2 aromatic rings. The Morgan fingerprint density at radius 1 is 1.10 bits per heavy atom. The van der Waals surface area contributed by atoms with Crippen LogP contribution in [0.3, 0.4) is 0 Å². The number of carbonyl (C=O) groups is 1. The van der Waals surface area contributed by atoms with Crippen LogP contribution in [0.1, 0.15) is 24.0 Å². The molecule has 2 aromatic carbocycles. The molecule has 0 aromatic heterocycles. The topological polar surface area (TPSA) is 66.5 Å². The summed E-state index contributed by atoms with van der Waals surface area (Å²) in [5.74, 6) is 1.16. The number of thioether (sulfide) groups is 1. The van der Waals surface area contributed by atoms with Crippen molar-refractivity contribution >= 4 is 50.9 Å². The lowest BCUT2D eigenvalue weighted by Gasteiger charge is -2.31. The Balaban J connectivity index is 1.46. The van der Waals surface area contributed by atoms with Gasteiger partial charge in [0, 0.05) is 31.1 Å². The van der Waals surface area contributed by atoms with Gasteiger partial charge in [-0.3, -0.25) is 4.79 Å². The molecule has 0 saturated carbocycles. The number of amides is 1. The van der Waals surface area contributed by atoms with E-state index in [9.17, 15) is 13.2 Å². The molecule has 168 valence electrons. The average Bonchev–Trinajstić information content (AvgIpc) is 2.76. The van der Waals surface area contributed by atoms with E-state index in [2.05, 4.69) is 17.4 Å². The quantitative estimate of drug-likeness (QED) is 0.511. The van der Waals surface area contributed by atoms with Crippen molar-refractivity contribution in [2.24, 2.45) is 5.92 Å². The zero-order valence-corrected chi connectivity index (χ0v) is 20.2. The van der Waals surface area contributed by atoms with Crippen molar-refractivity contribution in [1.82, 2.24) is 9.62 Å². The predicted molar refractivity (Wildman–Crippen MR) is 129 cm³/mol. The summed E-state index contributed by atoms with van der Waals surface area (Å²) in [5.41, 5.74) is 1.84. The van der Waals surface area contributed by atoms with Crippen LogP contribution in [0.2, 0.25) is 10.0 Å². The van der Waals surface area contributed by atoms with Crippen molar-refractivity contribution in [3.63, 3.8) is 0 Å². The molecular formula is C22H26Cl2N2O3S2. The Morgan fingerprint density at radius 2 is 1.87 bits per heavy atom. The van der Waals surface area contributed by atoms with Crippen molar-refractivity contribution < 1.29 is 13.2 Å². The summed E-state index contributed by atoms with van der Waals surface area (Å²) in [6.45, 7) is 1.22. The van der Waals surface area contributed by atoms with E-state index >= 15 is 0 Å². The van der Waals surface area contributed by atoms with Gasteiger partial charge in [0.15, 0.2) is 0 Å². The van der Waals surface area contributed by atoms with Crippen molar-refractivity contribution in [2.45, 2.75) is 24.3 Å². The number of hydrogen-bond acceptors (Lipinski definition) is 4. The molecule has 0 spiro atoms. The first-order chi connectivity index (χ1) is 14.8. The zero-order valence-electron chi connectivity index (χ0n) is 17.1. The Labute approximate surface area is 198 Å². The van der Waals surface area contributed by atoms with E-state index in [0.717, 1.165) is 11.5 Å². The first-order valence-corrected chi connectivity index (χ1v) is 13.7. The van der Waals surface area contributed by atoms with E-state index < -0.39 is 10.0 Å². The largest absolute Gasteiger partial charge is 0.355 e. The van der Waals surface area contributed by atoms with Gasteiger partial charge in [0.1, 0.15) is 0 Å². The lowest BCUT2D eigenvalue weighted by molar-refractivity contribution is -0.125. The average molecular weight is 502 g/mol. The minimum absolute atomic E-state index is 0.0743. The highest BCUT2D eigenvalue weighted by molar-refractivity contribution is 7.98. The molecule has 1 fully saturated rings. The molecule has 5 nitrogen and oxygen atoms in total. The summed E-state index contributed by atoms with van der Waals surface area (Å²) < 4.78 is 27.2. The molecule has 0 bridgehead atoms. The van der Waals surface area contributed by atoms with Crippen LogP contribution in [-0.4, -0.2) is 44.0 Å². The minimum Gasteiger partial charge on any atom is -0.355 e. The lowest BCUT2D eigenvalue weighted by Crippen LogP contribution is -2.46. The first kappa shape index (κ1) is 24.4. The van der Waals surface area contributed by atoms with E-state index in [0.29, 0.717) is 41.5 Å². The molecule has 0 unspecified atom stereocenters. The van der Waals surface area contributed by atoms with Crippen LogP contribution >= 0.6 is 35.0 Å². The van der Waals surface area contributed by atoms with Gasteiger partial charge in [0.25, 0.3) is 0 Å². The maximum absolute atomic E-state index is 12.9. The number of halogens is 2. The predicted octanol–water partition coefficient (Wildman–Crippen LogP) is 4.58. The van der Waals surface area contributed by atoms with Gasteiger partial charge in [-0.25, -0.2) is 12.7 Å². The van der Waals surface area contributed by atoms with Gasteiger partial charge < -0.3 is 5.32 Å². The third-order valence-corrected chi connectivity index (χ3v) is 8.72. The monoisotopic (exact) mass is 500 g/mol. The number of benzene rings is 2. The molecule has 1 heterocycles. The second-order valence-electron chi connectivity index (χ2n) is 7.53. The lowest BCUT2D eigenvalue weighted by atomic mass is 9.99. The van der Waals surface area contributed by atoms with Crippen LogP contribution in [0.5, 0.6) is 0 Å². The number of rotatable bonds is 9. The van der Waals surface area contributed by atoms with Crippen molar-refractivity contribution in [1.29, 1.82) is 0 Å². The number of carbonyl (C=O) groups excluding carboxylic acids is 1. The van der Waals surface area contributed by atoms with E-state index in [4.69, 9.17) is 23.2 Å². The van der Waals surface area contributed by atoms with Crippen LogP contribution < -0.4 is 5.32 Å². The molecule has 0 aliphatic carbocycles. The molecule has 1 atom stereocenters. The van der Waals surface area contributed by atoms with Crippen LogP contribution in [-0.2, 0) is 26.3 Å². The fourth-order valence-electron chi connectivity index (χ4n) is 3.50. The molecule has 1 N–H and O–H groups in total. The zero-order chi connectivity index (χ0) is 22.3. The van der Waals surface area contributed by atoms with Gasteiger partial charge in [-0.15, -0.1) is 0 Å². The van der Waals surface area contributed by atoms with E-state index in [1.54, 1.807) is 30.0 Å². The summed E-state index contributed by atoms with van der Waals surface area (Å²) in [6.07, 6.45) is 1.36. The van der Waals surface area contributed by atoms with E-state index in [-0.39, 0.29) is 24.1 Å². The summed E-state index contributed by atoms with van der Waals surface area (Å²) in [7, 11) is -3.54. The van der Waals surface area contributed by atoms with Crippen molar-refractivity contribution in [2.75, 3.05) is 25.4 Å². The number of nitrogens with one attached hydrogen (secondary N) is 1. The number of sulfonamides is 1. The first-order valence-electron chi connectivity index (χ1n) is 10.2. The second-order valence-corrected chi connectivity index (χ2v) is 11.4. The molecule has 9 heteroatoms. The fourth-order valence-corrected chi connectivity index (χ4v) is 6.23. The minimum atomic E-state index is -3.54. The highest BCUT2D eigenvalue weighted by Gasteiger charge is 2.32. The summed E-state index contributed by atoms with van der Waals surface area (Å²) >= 11 is 13.7. The third kappa shape index (κ3) is 7.39. The Kier molecular flexibility index (Phi) is 9.10. The van der Waals surface area contributed by atoms with Gasteiger partial charge in [0.05, 0.1) is 21.7 Å². The molecule has 1 saturated heterocycles. The summed E-state index contributed by atoms with van der Waals surface area (Å²) in [4.78, 5) is 12.6. The molecule has 1 amide bonds. The van der Waals surface area contributed by atoms with Gasteiger partial charge >= 0.3 is 0 Å². The maximum atomic E-state index is 12.9. The summed E-state index contributed by atoms with van der Waals surface area (Å²) in [5, 5.41) is 3.68. The van der Waals surface area contributed by atoms with Crippen LogP contribution in [0.4, 0.5) is 0 Å². The molecule has 1 aliphatic heterocycles. The number of nitrogens with zero attached hydrogens (tertiary/aromatic N) is 1. The summed E-state index contributed by atoms with van der Waals surface area (Å²) in [6, 6.07) is 15.0. The van der Waals surface area contributed by atoms with Crippen LogP contribution in [0, 0.1) is 5.92 Å². The Morgan fingerprint density at radius 3 is 2.61 bits per heavy atom. The van der Waals surface area contributed by atoms with Gasteiger partial charge in [-0.1, -0.05) is 59.6 Å². The van der Waals surface area contributed by atoms with Crippen molar-refractivity contribution in [3.8, 4) is 0 Å². The Hall–Kier alpha value is -1.25. The molecule has 1 aliphatic rings. The second kappa shape index (κ2) is 11.6. The number of hydrogen-bond donors (Lipinski definition) is 1. The number of piperidine rings is 1. The Bertz CT molecular complexity index is 988. The maximum Gasteiger partial charge on any atom is 0.224 e. The van der Waals surface area contributed by atoms with Gasteiger partial charge in [-0.05, 0) is 36.1 Å². The molecule has 3 rings (SSSR count). The SMILES string of the molecule is O=C(NCCSCc1ccccc1)[C@H]1CCCN(S(=O)(=O)Cc2ccc(Cl)c(Cl)c2)C1. The molecule has 0 radical (unpaired) electrons. The van der Waals surface area contributed by atoms with E-state index in [1.807, 2.05) is 18.2 Å². The van der Waals surface area contributed by atoms with E-state index in [1.165, 1.54) is 9.87 Å². The third-order valence-electron chi connectivity index (χ3n) is 5.14. The van der Waals surface area contributed by atoms with Crippen LogP contribution in [0.25, 0.3) is 0 Å². The van der Waals surface area contributed by atoms with Crippen LogP contribution in [0.15, 0.2) is 48.5 Å². The van der Waals surface area contributed by atoms with Gasteiger partial charge in [-0.2, -0.15) is 11.8 Å². The smallest absolute Gasteiger partial charge is 0.224 e. The normalized spacial score (nSPS) is 17.4. The highest BCUT2D eigenvalue weighted by atomic mass is 35.5. The van der Waals surface area contributed by atoms with Gasteiger partial charge in [0.2, 0.25) is 15.9 Å². The molecular weight excluding hydrogens is 475 g/mol. The fraction of sp³-hybridized carbons (Fsp3) is 0.409. The standard InChI is InChI=1S/C22H26Cl2N2O3S2/c23-20-9-8-18(13-21(20)24)16-31(28,29)26-11-4-7-19(14-26)22(27)25-10-12-30-15-17-5-2-1-3-6-17/h1-3,5-6,8-9,13,19H,4,7,10-12,14-16H2,(H,25,27)/t19-/m0/s1. The molecule has 31 heavy (non-hydrogen) atoms. The van der Waals surface area contributed by atoms with Crippen molar-refractivity contribution in [3.05, 3.63) is 69.7 Å².